The molecule has 0 bridgehead atoms. The van der Waals surface area contributed by atoms with Gasteiger partial charge in [0.25, 0.3) is 0 Å². The van der Waals surface area contributed by atoms with E-state index >= 15 is 0 Å². The molecule has 0 spiro atoms. The van der Waals surface area contributed by atoms with Crippen molar-refractivity contribution in [3.05, 3.63) is 65.5 Å². The van der Waals surface area contributed by atoms with Gasteiger partial charge in [0.05, 0.1) is 17.0 Å². The molecule has 3 aromatic rings. The number of aromatic nitrogens is 3. The highest BCUT2D eigenvalue weighted by Gasteiger charge is 2.14. The Morgan fingerprint density at radius 1 is 1.15 bits per heavy atom. The zero-order valence-electron chi connectivity index (χ0n) is 14.4. The molecule has 1 N–H and O–H groups in total. The molecule has 0 radical (unpaired) electrons. The molecular formula is C19H17N5OS. The predicted molar refractivity (Wildman–Crippen MR) is 101 cm³/mol. The highest BCUT2D eigenvalue weighted by atomic mass is 32.2. The summed E-state index contributed by atoms with van der Waals surface area (Å²) in [5.74, 6) is 0.726. The van der Waals surface area contributed by atoms with E-state index in [4.69, 9.17) is 5.26 Å². The molecule has 1 amide bonds. The highest BCUT2D eigenvalue weighted by molar-refractivity contribution is 7.99. The number of amides is 1. The number of anilines is 1. The zero-order valence-corrected chi connectivity index (χ0v) is 15.2. The summed E-state index contributed by atoms with van der Waals surface area (Å²) in [7, 11) is 0. The Hall–Kier alpha value is -3.11. The second-order valence-electron chi connectivity index (χ2n) is 5.69. The first-order valence-corrected chi connectivity index (χ1v) is 8.98. The lowest BCUT2D eigenvalue weighted by atomic mass is 10.2. The number of benzene rings is 2. The van der Waals surface area contributed by atoms with Crippen molar-refractivity contribution >= 4 is 23.4 Å². The summed E-state index contributed by atoms with van der Waals surface area (Å²) in [6.07, 6.45) is 0. The van der Waals surface area contributed by atoms with Crippen LogP contribution < -0.4 is 5.32 Å². The molecule has 1 heterocycles. The van der Waals surface area contributed by atoms with Gasteiger partial charge in [-0.3, -0.25) is 9.36 Å². The van der Waals surface area contributed by atoms with E-state index in [0.29, 0.717) is 16.4 Å². The largest absolute Gasteiger partial charge is 0.324 e. The minimum atomic E-state index is -0.200. The minimum Gasteiger partial charge on any atom is -0.324 e. The van der Waals surface area contributed by atoms with E-state index in [1.165, 1.54) is 17.3 Å². The summed E-state index contributed by atoms with van der Waals surface area (Å²) in [4.78, 5) is 12.3. The number of hydrogen-bond donors (Lipinski definition) is 1. The van der Waals surface area contributed by atoms with Crippen molar-refractivity contribution in [2.45, 2.75) is 19.0 Å². The van der Waals surface area contributed by atoms with Gasteiger partial charge in [-0.05, 0) is 38.1 Å². The van der Waals surface area contributed by atoms with Gasteiger partial charge in [0, 0.05) is 5.69 Å². The Morgan fingerprint density at radius 3 is 2.62 bits per heavy atom. The molecule has 7 heteroatoms. The topological polar surface area (TPSA) is 83.6 Å². The van der Waals surface area contributed by atoms with Crippen molar-refractivity contribution in [2.24, 2.45) is 0 Å². The van der Waals surface area contributed by atoms with Crippen molar-refractivity contribution in [1.29, 1.82) is 5.26 Å². The zero-order chi connectivity index (χ0) is 18.5. The van der Waals surface area contributed by atoms with Gasteiger partial charge in [-0.1, -0.05) is 41.6 Å². The van der Waals surface area contributed by atoms with E-state index in [-0.39, 0.29) is 11.7 Å². The van der Waals surface area contributed by atoms with Crippen LogP contribution in [-0.4, -0.2) is 26.4 Å². The Morgan fingerprint density at radius 2 is 1.88 bits per heavy atom. The van der Waals surface area contributed by atoms with Crippen LogP contribution in [0.25, 0.3) is 5.69 Å². The van der Waals surface area contributed by atoms with Crippen LogP contribution in [-0.2, 0) is 4.79 Å². The van der Waals surface area contributed by atoms with Crippen molar-refractivity contribution in [3.8, 4) is 11.8 Å². The Balaban J connectivity index is 1.72. The summed E-state index contributed by atoms with van der Waals surface area (Å²) in [5.41, 5.74) is 3.07. The van der Waals surface area contributed by atoms with Gasteiger partial charge in [-0.25, -0.2) is 0 Å². The van der Waals surface area contributed by atoms with E-state index in [2.05, 4.69) is 21.6 Å². The number of nitrogens with one attached hydrogen (secondary N) is 1. The van der Waals surface area contributed by atoms with Crippen LogP contribution in [0, 0.1) is 25.2 Å². The first kappa shape index (κ1) is 17.7. The van der Waals surface area contributed by atoms with Gasteiger partial charge in [0.2, 0.25) is 5.91 Å². The molecule has 6 nitrogen and oxygen atoms in total. The quantitative estimate of drug-likeness (QED) is 0.702. The van der Waals surface area contributed by atoms with Crippen molar-refractivity contribution in [2.75, 3.05) is 11.1 Å². The monoisotopic (exact) mass is 363 g/mol. The molecule has 0 atom stereocenters. The molecule has 0 saturated heterocycles. The normalized spacial score (nSPS) is 10.3. The van der Waals surface area contributed by atoms with Crippen molar-refractivity contribution in [3.63, 3.8) is 0 Å². The first-order valence-electron chi connectivity index (χ1n) is 7.99. The molecule has 3 rings (SSSR count). The Bertz CT molecular complexity index is 972. The van der Waals surface area contributed by atoms with E-state index in [1.807, 2.05) is 42.7 Å². The van der Waals surface area contributed by atoms with E-state index < -0.39 is 0 Å². The minimum absolute atomic E-state index is 0.170. The maximum absolute atomic E-state index is 12.3. The third-order valence-corrected chi connectivity index (χ3v) is 4.67. The second-order valence-corrected chi connectivity index (χ2v) is 6.64. The predicted octanol–water partition coefficient (Wildman–Crippen LogP) is 3.49. The number of rotatable bonds is 5. The van der Waals surface area contributed by atoms with Crippen LogP contribution in [0.15, 0.2) is 53.7 Å². The van der Waals surface area contributed by atoms with Gasteiger partial charge in [-0.15, -0.1) is 10.2 Å². The molecule has 0 unspecified atom stereocenters. The Labute approximate surface area is 155 Å². The van der Waals surface area contributed by atoms with E-state index in [9.17, 15) is 4.79 Å². The van der Waals surface area contributed by atoms with Gasteiger partial charge in [-0.2, -0.15) is 5.26 Å². The SMILES string of the molecule is Cc1ccc(-n2c(C)nnc2SCC(=O)Nc2ccccc2C#N)cc1. The van der Waals surface area contributed by atoms with Crippen LogP contribution in [0.5, 0.6) is 0 Å². The molecule has 0 aliphatic carbocycles. The van der Waals surface area contributed by atoms with E-state index in [1.54, 1.807) is 24.3 Å². The molecule has 0 fully saturated rings. The second kappa shape index (κ2) is 7.85. The summed E-state index contributed by atoms with van der Waals surface area (Å²) in [5, 5.41) is 20.8. The third-order valence-electron chi connectivity index (χ3n) is 3.74. The summed E-state index contributed by atoms with van der Waals surface area (Å²) in [6, 6.07) is 17.0. The van der Waals surface area contributed by atoms with Gasteiger partial charge < -0.3 is 5.32 Å². The number of thioether (sulfide) groups is 1. The fourth-order valence-electron chi connectivity index (χ4n) is 2.43. The van der Waals surface area contributed by atoms with Gasteiger partial charge >= 0.3 is 0 Å². The van der Waals surface area contributed by atoms with Crippen LogP contribution in [0.1, 0.15) is 17.0 Å². The molecule has 0 aliphatic heterocycles. The lowest BCUT2D eigenvalue weighted by Gasteiger charge is -2.09. The van der Waals surface area contributed by atoms with Crippen LogP contribution >= 0.6 is 11.8 Å². The fourth-order valence-corrected chi connectivity index (χ4v) is 3.23. The maximum atomic E-state index is 12.3. The Kier molecular flexibility index (Phi) is 5.34. The first-order chi connectivity index (χ1) is 12.6. The fraction of sp³-hybridized carbons (Fsp3) is 0.158. The standard InChI is InChI=1S/C19H17N5OS/c1-13-7-9-16(10-8-13)24-14(2)22-23-19(24)26-12-18(25)21-17-6-4-3-5-15(17)11-20/h3-10H,12H2,1-2H3,(H,21,25). The average molecular weight is 363 g/mol. The molecule has 1 aromatic heterocycles. The van der Waals surface area contributed by atoms with Crippen molar-refractivity contribution < 1.29 is 4.79 Å². The van der Waals surface area contributed by atoms with Gasteiger partial charge in [0.1, 0.15) is 11.9 Å². The molecule has 130 valence electrons. The van der Waals surface area contributed by atoms with Crippen LogP contribution in [0.2, 0.25) is 0 Å². The maximum Gasteiger partial charge on any atom is 0.234 e. The van der Waals surface area contributed by atoms with Crippen molar-refractivity contribution in [1.82, 2.24) is 14.8 Å². The number of para-hydroxylation sites is 1. The third kappa shape index (κ3) is 3.92. The molecular weight excluding hydrogens is 346 g/mol. The number of carbonyl (C=O) groups is 1. The molecule has 0 aliphatic rings. The number of hydrogen-bond acceptors (Lipinski definition) is 5. The average Bonchev–Trinajstić information content (AvgIpc) is 3.02. The summed E-state index contributed by atoms with van der Waals surface area (Å²) >= 11 is 1.30. The van der Waals surface area contributed by atoms with Crippen LogP contribution in [0.3, 0.4) is 0 Å². The molecule has 26 heavy (non-hydrogen) atoms. The van der Waals surface area contributed by atoms with E-state index in [0.717, 1.165) is 11.5 Å². The number of nitrogens with zero attached hydrogens (tertiary/aromatic N) is 4. The summed E-state index contributed by atoms with van der Waals surface area (Å²) in [6.45, 7) is 3.90. The number of aryl methyl sites for hydroxylation is 2. The number of nitriles is 1. The highest BCUT2D eigenvalue weighted by Crippen LogP contribution is 2.22. The molecule has 0 saturated carbocycles. The smallest absolute Gasteiger partial charge is 0.234 e. The lowest BCUT2D eigenvalue weighted by Crippen LogP contribution is -2.15. The lowest BCUT2D eigenvalue weighted by molar-refractivity contribution is -0.113. The van der Waals surface area contributed by atoms with Gasteiger partial charge in [0.15, 0.2) is 5.16 Å². The summed E-state index contributed by atoms with van der Waals surface area (Å²) < 4.78 is 1.92. The number of carbonyl (C=O) groups excluding carboxylic acids is 1. The van der Waals surface area contributed by atoms with Crippen LogP contribution in [0.4, 0.5) is 5.69 Å². The molecule has 2 aromatic carbocycles.